The van der Waals surface area contributed by atoms with Gasteiger partial charge in [-0.3, -0.25) is 20.4 Å². The minimum Gasteiger partial charge on any atom is -0.273 e. The van der Waals surface area contributed by atoms with Gasteiger partial charge >= 0.3 is 0 Å². The molecule has 0 bridgehead atoms. The molecule has 0 saturated carbocycles. The third-order valence-electron chi connectivity index (χ3n) is 3.35. The summed E-state index contributed by atoms with van der Waals surface area (Å²) in [4.78, 5) is 23.7. The van der Waals surface area contributed by atoms with Crippen LogP contribution >= 0.6 is 0 Å². The highest BCUT2D eigenvalue weighted by atomic mass is 32.2. The molecule has 7 nitrogen and oxygen atoms in total. The van der Waals surface area contributed by atoms with Crippen LogP contribution in [0.1, 0.15) is 44.5 Å². The van der Waals surface area contributed by atoms with Crippen molar-refractivity contribution in [2.24, 2.45) is 5.92 Å². The Morgan fingerprint density at radius 2 is 1.75 bits per heavy atom. The zero-order chi connectivity index (χ0) is 18.3. The van der Waals surface area contributed by atoms with Crippen LogP contribution in [0.25, 0.3) is 0 Å². The minimum atomic E-state index is -3.64. The van der Waals surface area contributed by atoms with E-state index in [1.165, 1.54) is 28.6 Å². The SMILES string of the molecule is CCN(CC)S(=O)(=O)c1cccc(C(=O)NNC(=O)CC(C)C)c1. The normalized spacial score (nSPS) is 11.6. The molecule has 0 heterocycles. The molecule has 0 aliphatic rings. The van der Waals surface area contributed by atoms with Crippen LogP contribution in [0, 0.1) is 5.92 Å². The number of hydrogen-bond donors (Lipinski definition) is 2. The Kier molecular flexibility index (Phi) is 7.37. The van der Waals surface area contributed by atoms with E-state index in [-0.39, 0.29) is 28.7 Å². The van der Waals surface area contributed by atoms with Crippen LogP contribution in [-0.2, 0) is 14.8 Å². The molecule has 1 aromatic carbocycles. The Bertz CT molecular complexity index is 682. The summed E-state index contributed by atoms with van der Waals surface area (Å²) in [6.45, 7) is 7.98. The zero-order valence-electron chi connectivity index (χ0n) is 14.5. The van der Waals surface area contributed by atoms with Crippen molar-refractivity contribution >= 4 is 21.8 Å². The van der Waals surface area contributed by atoms with Gasteiger partial charge in [0.2, 0.25) is 15.9 Å². The van der Waals surface area contributed by atoms with Crippen LogP contribution in [0.4, 0.5) is 0 Å². The molecule has 2 amide bonds. The molecule has 0 spiro atoms. The Labute approximate surface area is 143 Å². The van der Waals surface area contributed by atoms with E-state index in [2.05, 4.69) is 10.9 Å². The van der Waals surface area contributed by atoms with Crippen LogP contribution in [0.3, 0.4) is 0 Å². The summed E-state index contributed by atoms with van der Waals surface area (Å²) >= 11 is 0. The molecule has 0 atom stereocenters. The van der Waals surface area contributed by atoms with Gasteiger partial charge in [-0.25, -0.2) is 8.42 Å². The molecule has 0 saturated heterocycles. The van der Waals surface area contributed by atoms with E-state index in [0.29, 0.717) is 13.1 Å². The maximum absolute atomic E-state index is 12.5. The van der Waals surface area contributed by atoms with E-state index in [1.54, 1.807) is 13.8 Å². The van der Waals surface area contributed by atoms with E-state index < -0.39 is 15.9 Å². The minimum absolute atomic E-state index is 0.0485. The average molecular weight is 355 g/mol. The Balaban J connectivity index is 2.88. The standard InChI is InChI=1S/C16H25N3O4S/c1-5-19(6-2)24(22,23)14-9-7-8-13(11-14)16(21)18-17-15(20)10-12(3)4/h7-9,11-12H,5-6,10H2,1-4H3,(H,17,20)(H,18,21). The van der Waals surface area contributed by atoms with E-state index >= 15 is 0 Å². The van der Waals surface area contributed by atoms with Crippen molar-refractivity contribution in [3.05, 3.63) is 29.8 Å². The summed E-state index contributed by atoms with van der Waals surface area (Å²) < 4.78 is 26.3. The molecule has 1 rings (SSSR count). The van der Waals surface area contributed by atoms with Gasteiger partial charge in [0.25, 0.3) is 5.91 Å². The van der Waals surface area contributed by atoms with E-state index in [4.69, 9.17) is 0 Å². The molecule has 1 aromatic rings. The number of amides is 2. The lowest BCUT2D eigenvalue weighted by Gasteiger charge is -2.18. The number of benzene rings is 1. The van der Waals surface area contributed by atoms with Crippen molar-refractivity contribution in [3.63, 3.8) is 0 Å². The highest BCUT2D eigenvalue weighted by molar-refractivity contribution is 7.89. The number of rotatable bonds is 7. The number of nitrogens with zero attached hydrogens (tertiary/aromatic N) is 1. The molecule has 0 aliphatic heterocycles. The van der Waals surface area contributed by atoms with Crippen molar-refractivity contribution in [1.82, 2.24) is 15.2 Å². The van der Waals surface area contributed by atoms with Crippen molar-refractivity contribution in [3.8, 4) is 0 Å². The third kappa shape index (κ3) is 5.31. The number of carbonyl (C=O) groups is 2. The lowest BCUT2D eigenvalue weighted by atomic mass is 10.1. The maximum Gasteiger partial charge on any atom is 0.269 e. The van der Waals surface area contributed by atoms with Crippen LogP contribution < -0.4 is 10.9 Å². The van der Waals surface area contributed by atoms with Crippen molar-refractivity contribution < 1.29 is 18.0 Å². The van der Waals surface area contributed by atoms with Gasteiger partial charge in [-0.05, 0) is 24.1 Å². The quantitative estimate of drug-likeness (QED) is 0.725. The predicted molar refractivity (Wildman–Crippen MR) is 91.6 cm³/mol. The van der Waals surface area contributed by atoms with Crippen molar-refractivity contribution in [2.75, 3.05) is 13.1 Å². The monoisotopic (exact) mass is 355 g/mol. The van der Waals surface area contributed by atoms with E-state index in [9.17, 15) is 18.0 Å². The highest BCUT2D eigenvalue weighted by Gasteiger charge is 2.22. The number of carbonyl (C=O) groups excluding carboxylic acids is 2. The Hall–Kier alpha value is -1.93. The number of nitrogens with one attached hydrogen (secondary N) is 2. The average Bonchev–Trinajstić information content (AvgIpc) is 2.53. The second kappa shape index (κ2) is 8.79. The smallest absolute Gasteiger partial charge is 0.269 e. The zero-order valence-corrected chi connectivity index (χ0v) is 15.3. The van der Waals surface area contributed by atoms with Crippen LogP contribution in [0.2, 0.25) is 0 Å². The first-order chi connectivity index (χ1) is 11.2. The topological polar surface area (TPSA) is 95.6 Å². The van der Waals surface area contributed by atoms with Gasteiger partial charge in [-0.15, -0.1) is 0 Å². The van der Waals surface area contributed by atoms with Gasteiger partial charge in [-0.2, -0.15) is 4.31 Å². The molecule has 0 radical (unpaired) electrons. The second-order valence-electron chi connectivity index (χ2n) is 5.72. The van der Waals surface area contributed by atoms with Crippen LogP contribution in [-0.4, -0.2) is 37.6 Å². The molecular formula is C16H25N3O4S. The van der Waals surface area contributed by atoms with Gasteiger partial charge in [0.15, 0.2) is 0 Å². The van der Waals surface area contributed by atoms with E-state index in [0.717, 1.165) is 0 Å². The molecule has 8 heteroatoms. The number of hydrazine groups is 1. The second-order valence-corrected chi connectivity index (χ2v) is 7.66. The molecule has 0 aliphatic carbocycles. The third-order valence-corrected chi connectivity index (χ3v) is 5.39. The lowest BCUT2D eigenvalue weighted by Crippen LogP contribution is -2.42. The first kappa shape index (κ1) is 20.1. The van der Waals surface area contributed by atoms with Gasteiger partial charge in [0.1, 0.15) is 0 Å². The first-order valence-electron chi connectivity index (χ1n) is 7.91. The summed E-state index contributed by atoms with van der Waals surface area (Å²) in [5.41, 5.74) is 4.77. The Morgan fingerprint density at radius 1 is 1.12 bits per heavy atom. The highest BCUT2D eigenvalue weighted by Crippen LogP contribution is 2.16. The maximum atomic E-state index is 12.5. The summed E-state index contributed by atoms with van der Waals surface area (Å²) in [6.07, 6.45) is 0.288. The Morgan fingerprint density at radius 3 is 2.29 bits per heavy atom. The molecular weight excluding hydrogens is 330 g/mol. The summed E-state index contributed by atoms with van der Waals surface area (Å²) in [5, 5.41) is 0. The number of hydrogen-bond acceptors (Lipinski definition) is 4. The van der Waals surface area contributed by atoms with Crippen molar-refractivity contribution in [2.45, 2.75) is 39.0 Å². The van der Waals surface area contributed by atoms with Crippen LogP contribution in [0.15, 0.2) is 29.2 Å². The predicted octanol–water partition coefficient (Wildman–Crippen LogP) is 1.52. The summed E-state index contributed by atoms with van der Waals surface area (Å²) in [5.74, 6) is -0.696. The first-order valence-corrected chi connectivity index (χ1v) is 9.35. The van der Waals surface area contributed by atoms with Gasteiger partial charge in [0, 0.05) is 25.1 Å². The molecule has 134 valence electrons. The van der Waals surface area contributed by atoms with Crippen molar-refractivity contribution in [1.29, 1.82) is 0 Å². The van der Waals surface area contributed by atoms with Crippen LogP contribution in [0.5, 0.6) is 0 Å². The van der Waals surface area contributed by atoms with Gasteiger partial charge < -0.3 is 0 Å². The van der Waals surface area contributed by atoms with E-state index in [1.807, 2.05) is 13.8 Å². The molecule has 0 aromatic heterocycles. The van der Waals surface area contributed by atoms with Gasteiger partial charge in [-0.1, -0.05) is 33.8 Å². The lowest BCUT2D eigenvalue weighted by molar-refractivity contribution is -0.122. The molecule has 0 fully saturated rings. The molecule has 2 N–H and O–H groups in total. The van der Waals surface area contributed by atoms with Gasteiger partial charge in [0.05, 0.1) is 4.90 Å². The summed E-state index contributed by atoms with van der Waals surface area (Å²) in [6, 6.07) is 5.74. The number of sulfonamides is 1. The fraction of sp³-hybridized carbons (Fsp3) is 0.500. The summed E-state index contributed by atoms with van der Waals surface area (Å²) in [7, 11) is -3.64. The fourth-order valence-electron chi connectivity index (χ4n) is 2.13. The molecule has 24 heavy (non-hydrogen) atoms. The fourth-order valence-corrected chi connectivity index (χ4v) is 3.64. The molecule has 0 unspecified atom stereocenters. The largest absolute Gasteiger partial charge is 0.273 e.